The number of carboxylic acid groups (broad SMARTS) is 1. The summed E-state index contributed by atoms with van der Waals surface area (Å²) in [7, 11) is 0. The van der Waals surface area contributed by atoms with Crippen molar-refractivity contribution < 1.29 is 9.90 Å². The second kappa shape index (κ2) is 10.1. The topological polar surface area (TPSA) is 49.3 Å². The first-order chi connectivity index (χ1) is 9.09. The number of anilines is 1. The van der Waals surface area contributed by atoms with E-state index in [1.54, 1.807) is 42.5 Å². The van der Waals surface area contributed by atoms with E-state index in [-0.39, 0.29) is 59.1 Å². The summed E-state index contributed by atoms with van der Waals surface area (Å²) in [6.45, 7) is 0. The average molecular weight is 344 g/mol. The zero-order chi connectivity index (χ0) is 13.8. The zero-order valence-corrected chi connectivity index (χ0v) is 11.3. The molecule has 0 radical (unpaired) electrons. The summed E-state index contributed by atoms with van der Waals surface area (Å²) in [5, 5.41) is 13.0. The van der Waals surface area contributed by atoms with Crippen molar-refractivity contribution in [3.63, 3.8) is 0 Å². The number of hydrogen-bond acceptors (Lipinski definition) is 2. The van der Waals surface area contributed by atoms with Gasteiger partial charge in [-0.3, -0.25) is 0 Å². The maximum absolute atomic E-state index is 11.4. The second-order valence-corrected chi connectivity index (χ2v) is 4.74. The number of para-hydroxylation sites is 1. The van der Waals surface area contributed by atoms with Crippen molar-refractivity contribution in [1.82, 2.24) is 0 Å². The van der Waals surface area contributed by atoms with Crippen LogP contribution in [0.2, 0.25) is 10.0 Å². The van der Waals surface area contributed by atoms with E-state index in [0.29, 0.717) is 21.3 Å². The summed E-state index contributed by atoms with van der Waals surface area (Å²) in [5.74, 6) is -0.998. The van der Waals surface area contributed by atoms with Crippen LogP contribution < -0.4 is 5.32 Å². The molecule has 2 aromatic rings. The number of hydrogen-bond donors (Lipinski definition) is 2. The van der Waals surface area contributed by atoms with E-state index in [9.17, 15) is 9.90 Å². The van der Waals surface area contributed by atoms with E-state index in [1.165, 1.54) is 0 Å². The fraction of sp³-hybridized carbons (Fsp3) is 0.0714. The third kappa shape index (κ3) is 5.77. The summed E-state index contributed by atoms with van der Waals surface area (Å²) in [6, 6.07) is 13.0. The molecule has 0 aliphatic carbocycles. The molecule has 21 heavy (non-hydrogen) atoms. The monoisotopic (exact) mass is 343 g/mol. The van der Waals surface area contributed by atoms with Gasteiger partial charge in [-0.15, -0.1) is 0 Å². The molecule has 2 aromatic carbocycles. The molecular weight excluding hydrogens is 331 g/mol. The van der Waals surface area contributed by atoms with Gasteiger partial charge in [0.15, 0.2) is 6.04 Å². The van der Waals surface area contributed by atoms with Gasteiger partial charge >= 0.3 is 65.1 Å². The number of benzene rings is 2. The van der Waals surface area contributed by atoms with E-state index < -0.39 is 12.0 Å². The quantitative estimate of drug-likeness (QED) is 0.839. The van der Waals surface area contributed by atoms with E-state index >= 15 is 0 Å². The molecule has 0 aliphatic rings. The first-order valence-electron chi connectivity index (χ1n) is 5.58. The Morgan fingerprint density at radius 3 is 1.95 bits per heavy atom. The standard InChI is InChI=1S/C14H11Cl2NO2.2Na.2H/c15-10-7-4-8-11(16)13(10)17-12(14(18)19)9-5-2-1-3-6-9;;;;/h1-8,12,17H,(H,18,19);;;;. The van der Waals surface area contributed by atoms with Gasteiger partial charge in [0.1, 0.15) is 0 Å². The predicted octanol–water partition coefficient (Wildman–Crippen LogP) is 2.93. The molecule has 1 unspecified atom stereocenters. The van der Waals surface area contributed by atoms with Gasteiger partial charge in [-0.25, -0.2) is 4.79 Å². The molecule has 7 heteroatoms. The Morgan fingerprint density at radius 2 is 1.48 bits per heavy atom. The Bertz CT molecular complexity index is 577. The maximum atomic E-state index is 11.4. The molecule has 0 aromatic heterocycles. The third-order valence-electron chi connectivity index (χ3n) is 2.63. The van der Waals surface area contributed by atoms with E-state index in [0.717, 1.165) is 0 Å². The van der Waals surface area contributed by atoms with Gasteiger partial charge in [-0.1, -0.05) is 59.6 Å². The van der Waals surface area contributed by atoms with Crippen molar-refractivity contribution in [2.75, 3.05) is 5.32 Å². The molecule has 2 rings (SSSR count). The van der Waals surface area contributed by atoms with Crippen LogP contribution in [0, 0.1) is 0 Å². The second-order valence-electron chi connectivity index (χ2n) is 3.92. The molecule has 0 heterocycles. The molecule has 0 fully saturated rings. The van der Waals surface area contributed by atoms with Gasteiger partial charge in [0.2, 0.25) is 0 Å². The molecule has 2 N–H and O–H groups in total. The van der Waals surface area contributed by atoms with Crippen molar-refractivity contribution in [3.05, 3.63) is 64.1 Å². The van der Waals surface area contributed by atoms with Crippen LogP contribution in [0.25, 0.3) is 0 Å². The Balaban J connectivity index is 0.00000200. The molecule has 0 saturated heterocycles. The zero-order valence-electron chi connectivity index (χ0n) is 9.81. The first-order valence-corrected chi connectivity index (χ1v) is 6.33. The molecule has 0 saturated carbocycles. The molecule has 0 amide bonds. The Morgan fingerprint density at radius 1 is 0.952 bits per heavy atom. The molecule has 102 valence electrons. The van der Waals surface area contributed by atoms with E-state index in [2.05, 4.69) is 5.32 Å². The number of halogens is 2. The van der Waals surface area contributed by atoms with Crippen molar-refractivity contribution in [3.8, 4) is 0 Å². The van der Waals surface area contributed by atoms with Crippen LogP contribution in [-0.2, 0) is 4.79 Å². The summed E-state index contributed by atoms with van der Waals surface area (Å²) in [4.78, 5) is 11.4. The van der Waals surface area contributed by atoms with Crippen LogP contribution in [0.4, 0.5) is 5.69 Å². The summed E-state index contributed by atoms with van der Waals surface area (Å²) >= 11 is 12.1. The minimum absolute atomic E-state index is 0. The van der Waals surface area contributed by atoms with Gasteiger partial charge in [-0.2, -0.15) is 0 Å². The number of aliphatic carboxylic acids is 1. The number of rotatable bonds is 4. The van der Waals surface area contributed by atoms with Crippen molar-refractivity contribution in [2.45, 2.75) is 6.04 Å². The first kappa shape index (κ1) is 21.3. The van der Waals surface area contributed by atoms with Crippen molar-refractivity contribution in [1.29, 1.82) is 0 Å². The van der Waals surface area contributed by atoms with Crippen LogP contribution in [0.1, 0.15) is 11.6 Å². The van der Waals surface area contributed by atoms with Crippen LogP contribution >= 0.6 is 23.2 Å². The van der Waals surface area contributed by atoms with Gasteiger partial charge in [0.05, 0.1) is 15.7 Å². The molecule has 0 spiro atoms. The fourth-order valence-electron chi connectivity index (χ4n) is 1.71. The molecule has 0 bridgehead atoms. The summed E-state index contributed by atoms with van der Waals surface area (Å²) < 4.78 is 0. The van der Waals surface area contributed by atoms with Crippen molar-refractivity contribution in [2.24, 2.45) is 0 Å². The molecule has 3 nitrogen and oxygen atoms in total. The van der Waals surface area contributed by atoms with Crippen molar-refractivity contribution >= 4 is 94.0 Å². The fourth-order valence-corrected chi connectivity index (χ4v) is 2.22. The number of carbonyl (C=O) groups is 1. The van der Waals surface area contributed by atoms with Gasteiger partial charge in [-0.05, 0) is 17.7 Å². The molecule has 1 atom stereocenters. The molecular formula is C14H13Cl2NNa2O2. The van der Waals surface area contributed by atoms with Crippen LogP contribution in [0.15, 0.2) is 48.5 Å². The van der Waals surface area contributed by atoms with Gasteiger partial charge in [0.25, 0.3) is 0 Å². The Kier molecular flexibility index (Phi) is 10.3. The van der Waals surface area contributed by atoms with Gasteiger partial charge < -0.3 is 10.4 Å². The predicted molar refractivity (Wildman–Crippen MR) is 91.2 cm³/mol. The third-order valence-corrected chi connectivity index (χ3v) is 3.26. The number of carboxylic acids is 1. The summed E-state index contributed by atoms with van der Waals surface area (Å²) in [6.07, 6.45) is 0. The van der Waals surface area contributed by atoms with Crippen LogP contribution in [-0.4, -0.2) is 70.2 Å². The Hall–Kier alpha value is 0.290. The molecule has 0 aliphatic heterocycles. The average Bonchev–Trinajstić information content (AvgIpc) is 2.39. The SMILES string of the molecule is O=C(O)C(Nc1c(Cl)cccc1Cl)c1ccccc1.[NaH].[NaH]. The van der Waals surface area contributed by atoms with E-state index in [4.69, 9.17) is 23.2 Å². The van der Waals surface area contributed by atoms with E-state index in [1.807, 2.05) is 6.07 Å². The summed E-state index contributed by atoms with van der Waals surface area (Å²) in [5.41, 5.74) is 1.05. The normalized spacial score (nSPS) is 10.8. The van der Waals surface area contributed by atoms with Crippen LogP contribution in [0.3, 0.4) is 0 Å². The Labute approximate surface area is 177 Å². The van der Waals surface area contributed by atoms with Crippen LogP contribution in [0.5, 0.6) is 0 Å². The number of nitrogens with one attached hydrogen (secondary N) is 1. The minimum atomic E-state index is -0.998. The van der Waals surface area contributed by atoms with Gasteiger partial charge in [0, 0.05) is 0 Å².